The lowest BCUT2D eigenvalue weighted by atomic mass is 10.1. The minimum Gasteiger partial charge on any atom is -0.385 e. The van der Waals surface area contributed by atoms with Gasteiger partial charge in [0.15, 0.2) is 5.96 Å². The standard InChI is InChI=1S/C20H30FN5O.HI/c1-3-23-20(24-15-17-6-5-16(14-22)13-19(17)21)25-18-7-10-26(11-8-18)9-4-12-27-2;/h5-6,13,18H,3-4,7-12,15H2,1-2H3,(H2,23,24,25);1H. The van der Waals surface area contributed by atoms with Gasteiger partial charge in [-0.2, -0.15) is 5.26 Å². The Morgan fingerprint density at radius 3 is 2.75 bits per heavy atom. The highest BCUT2D eigenvalue weighted by molar-refractivity contribution is 14.0. The van der Waals surface area contributed by atoms with E-state index in [1.165, 1.54) is 6.07 Å². The summed E-state index contributed by atoms with van der Waals surface area (Å²) in [6.45, 7) is 7.00. The molecule has 0 amide bonds. The highest BCUT2D eigenvalue weighted by Crippen LogP contribution is 2.12. The zero-order valence-electron chi connectivity index (χ0n) is 16.7. The second-order valence-corrected chi connectivity index (χ2v) is 6.72. The SMILES string of the molecule is CCNC(=NCc1ccc(C#N)cc1F)NC1CCN(CCCOC)CC1.I. The summed E-state index contributed by atoms with van der Waals surface area (Å²) in [4.78, 5) is 6.98. The molecule has 0 atom stereocenters. The number of nitrogens with zero attached hydrogens (tertiary/aromatic N) is 3. The predicted octanol–water partition coefficient (Wildman–Crippen LogP) is 2.87. The van der Waals surface area contributed by atoms with Gasteiger partial charge in [-0.3, -0.25) is 0 Å². The number of ether oxygens (including phenoxy) is 1. The van der Waals surface area contributed by atoms with Crippen LogP contribution in [0.3, 0.4) is 0 Å². The highest BCUT2D eigenvalue weighted by atomic mass is 127. The lowest BCUT2D eigenvalue weighted by molar-refractivity contribution is 0.155. The normalized spacial score (nSPS) is 15.6. The summed E-state index contributed by atoms with van der Waals surface area (Å²) in [6, 6.07) is 6.81. The van der Waals surface area contributed by atoms with Crippen molar-refractivity contribution >= 4 is 29.9 Å². The van der Waals surface area contributed by atoms with Crippen LogP contribution in [0.4, 0.5) is 4.39 Å². The van der Waals surface area contributed by atoms with Gasteiger partial charge in [-0.25, -0.2) is 9.38 Å². The Kier molecular flexibility index (Phi) is 12.0. The molecule has 1 aromatic carbocycles. The summed E-state index contributed by atoms with van der Waals surface area (Å²) in [5, 5.41) is 15.5. The van der Waals surface area contributed by atoms with E-state index in [9.17, 15) is 4.39 Å². The number of hydrogen-bond acceptors (Lipinski definition) is 4. The molecule has 1 fully saturated rings. The minimum atomic E-state index is -0.391. The lowest BCUT2D eigenvalue weighted by Crippen LogP contribution is -2.48. The molecule has 0 saturated carbocycles. The number of halogens is 2. The Balaban J connectivity index is 0.00000392. The summed E-state index contributed by atoms with van der Waals surface area (Å²) < 4.78 is 19.1. The zero-order chi connectivity index (χ0) is 19.5. The molecule has 28 heavy (non-hydrogen) atoms. The average Bonchev–Trinajstić information content (AvgIpc) is 2.68. The second-order valence-electron chi connectivity index (χ2n) is 6.72. The van der Waals surface area contributed by atoms with Crippen LogP contribution in [0.5, 0.6) is 0 Å². The summed E-state index contributed by atoms with van der Waals surface area (Å²) >= 11 is 0. The van der Waals surface area contributed by atoms with Gasteiger partial charge in [0.2, 0.25) is 0 Å². The molecule has 156 valence electrons. The monoisotopic (exact) mass is 503 g/mol. The fourth-order valence-electron chi connectivity index (χ4n) is 3.16. The molecule has 0 aromatic heterocycles. The first-order valence-corrected chi connectivity index (χ1v) is 9.61. The molecule has 1 saturated heterocycles. The molecule has 8 heteroatoms. The van der Waals surface area contributed by atoms with Crippen LogP contribution in [-0.2, 0) is 11.3 Å². The van der Waals surface area contributed by atoms with Gasteiger partial charge >= 0.3 is 0 Å². The van der Waals surface area contributed by atoms with E-state index in [-0.39, 0.29) is 30.5 Å². The molecule has 2 N–H and O–H groups in total. The van der Waals surface area contributed by atoms with Gasteiger partial charge < -0.3 is 20.3 Å². The number of methoxy groups -OCH3 is 1. The third kappa shape index (κ3) is 8.29. The molecule has 6 nitrogen and oxygen atoms in total. The molecule has 0 unspecified atom stereocenters. The van der Waals surface area contributed by atoms with Gasteiger partial charge in [-0.05, 0) is 38.3 Å². The van der Waals surface area contributed by atoms with E-state index in [4.69, 9.17) is 10.00 Å². The van der Waals surface area contributed by atoms with Crippen molar-refractivity contribution in [3.63, 3.8) is 0 Å². The number of rotatable bonds is 8. The van der Waals surface area contributed by atoms with Gasteiger partial charge in [0.25, 0.3) is 0 Å². The molecule has 0 bridgehead atoms. The van der Waals surface area contributed by atoms with Gasteiger partial charge in [-0.1, -0.05) is 6.07 Å². The fourth-order valence-corrected chi connectivity index (χ4v) is 3.16. The van der Waals surface area contributed by atoms with E-state index < -0.39 is 5.82 Å². The Morgan fingerprint density at radius 1 is 1.39 bits per heavy atom. The lowest BCUT2D eigenvalue weighted by Gasteiger charge is -2.33. The summed E-state index contributed by atoms with van der Waals surface area (Å²) in [6.07, 6.45) is 3.18. The average molecular weight is 503 g/mol. The summed E-state index contributed by atoms with van der Waals surface area (Å²) in [5.41, 5.74) is 0.807. The van der Waals surface area contributed by atoms with Crippen LogP contribution in [0.1, 0.15) is 37.3 Å². The van der Waals surface area contributed by atoms with Crippen LogP contribution in [-0.4, -0.2) is 56.8 Å². The number of piperidine rings is 1. The zero-order valence-corrected chi connectivity index (χ0v) is 19.0. The Hall–Kier alpha value is -1.44. The molecule has 0 aliphatic carbocycles. The van der Waals surface area contributed by atoms with Gasteiger partial charge in [0, 0.05) is 51.5 Å². The van der Waals surface area contributed by atoms with E-state index in [1.54, 1.807) is 19.2 Å². The molecule has 0 spiro atoms. The molecule has 1 heterocycles. The summed E-state index contributed by atoms with van der Waals surface area (Å²) in [7, 11) is 1.74. The molecule has 1 aliphatic rings. The first kappa shape index (κ1) is 24.6. The first-order valence-electron chi connectivity index (χ1n) is 9.61. The van der Waals surface area contributed by atoms with Crippen molar-refractivity contribution in [1.29, 1.82) is 5.26 Å². The van der Waals surface area contributed by atoms with Crippen molar-refractivity contribution in [2.75, 3.05) is 39.9 Å². The smallest absolute Gasteiger partial charge is 0.191 e. The maximum Gasteiger partial charge on any atom is 0.191 e. The van der Waals surface area contributed by atoms with Crippen molar-refractivity contribution in [1.82, 2.24) is 15.5 Å². The van der Waals surface area contributed by atoms with E-state index in [0.717, 1.165) is 52.0 Å². The van der Waals surface area contributed by atoms with Crippen LogP contribution >= 0.6 is 24.0 Å². The minimum absolute atomic E-state index is 0. The van der Waals surface area contributed by atoms with Crippen molar-refractivity contribution in [2.45, 2.75) is 38.8 Å². The largest absolute Gasteiger partial charge is 0.385 e. The van der Waals surface area contributed by atoms with Crippen LogP contribution < -0.4 is 10.6 Å². The number of guanidine groups is 1. The van der Waals surface area contributed by atoms with Gasteiger partial charge in [0.1, 0.15) is 5.82 Å². The van der Waals surface area contributed by atoms with Crippen molar-refractivity contribution in [2.24, 2.45) is 4.99 Å². The van der Waals surface area contributed by atoms with Crippen LogP contribution in [0.2, 0.25) is 0 Å². The topological polar surface area (TPSA) is 72.7 Å². The molecule has 2 rings (SSSR count). The van der Waals surface area contributed by atoms with Crippen molar-refractivity contribution in [3.8, 4) is 6.07 Å². The predicted molar refractivity (Wildman–Crippen MR) is 120 cm³/mol. The summed E-state index contributed by atoms with van der Waals surface area (Å²) in [5.74, 6) is 0.317. The Bertz CT molecular complexity index is 656. The maximum atomic E-state index is 14.0. The van der Waals surface area contributed by atoms with Crippen molar-refractivity contribution in [3.05, 3.63) is 35.1 Å². The van der Waals surface area contributed by atoms with Crippen LogP contribution in [0, 0.1) is 17.1 Å². The maximum absolute atomic E-state index is 14.0. The van der Waals surface area contributed by atoms with Gasteiger partial charge in [-0.15, -0.1) is 24.0 Å². The molecule has 1 aromatic rings. The molecular weight excluding hydrogens is 472 g/mol. The van der Waals surface area contributed by atoms with E-state index in [1.807, 2.05) is 13.0 Å². The Morgan fingerprint density at radius 2 is 2.14 bits per heavy atom. The molecule has 1 aliphatic heterocycles. The van der Waals surface area contributed by atoms with Crippen LogP contribution in [0.25, 0.3) is 0 Å². The van der Waals surface area contributed by atoms with Crippen LogP contribution in [0.15, 0.2) is 23.2 Å². The van der Waals surface area contributed by atoms with Crippen molar-refractivity contribution < 1.29 is 9.13 Å². The van der Waals surface area contributed by atoms with E-state index in [0.29, 0.717) is 23.1 Å². The fraction of sp³-hybridized carbons (Fsp3) is 0.600. The second kappa shape index (κ2) is 13.7. The number of aliphatic imine (C=N–C) groups is 1. The quantitative estimate of drug-likeness (QED) is 0.247. The third-order valence-corrected chi connectivity index (χ3v) is 4.69. The third-order valence-electron chi connectivity index (χ3n) is 4.69. The van der Waals surface area contributed by atoms with E-state index in [2.05, 4.69) is 20.5 Å². The van der Waals surface area contributed by atoms with E-state index >= 15 is 0 Å². The number of benzene rings is 1. The number of nitrogens with one attached hydrogen (secondary N) is 2. The molecular formula is C20H31FIN5O. The number of likely N-dealkylation sites (tertiary alicyclic amines) is 1. The Labute approximate surface area is 184 Å². The molecule has 0 radical (unpaired) electrons. The highest BCUT2D eigenvalue weighted by Gasteiger charge is 2.19. The van der Waals surface area contributed by atoms with Gasteiger partial charge in [0.05, 0.1) is 18.2 Å². The number of nitriles is 1. The number of hydrogen-bond donors (Lipinski definition) is 2. The first-order chi connectivity index (χ1) is 13.2.